The van der Waals surface area contributed by atoms with Gasteiger partial charge in [0, 0.05) is 34.0 Å². The molecule has 12 aromatic carbocycles. The summed E-state index contributed by atoms with van der Waals surface area (Å²) >= 11 is 0. The van der Waals surface area contributed by atoms with E-state index in [4.69, 9.17) is 0 Å². The van der Waals surface area contributed by atoms with Crippen LogP contribution in [0.1, 0.15) is 27.8 Å². The second-order valence-electron chi connectivity index (χ2n) is 19.3. The maximum absolute atomic E-state index is 2.49. The number of hydrogen-bond acceptors (Lipinski definition) is 2. The summed E-state index contributed by atoms with van der Waals surface area (Å²) in [5, 5.41) is 2.42. The molecular formula is C72H52N2. The third kappa shape index (κ3) is 7.67. The van der Waals surface area contributed by atoms with E-state index in [-0.39, 0.29) is 0 Å². The Morgan fingerprint density at radius 3 is 1.35 bits per heavy atom. The number of fused-ring (bicyclic) bond motifs is 4. The summed E-state index contributed by atoms with van der Waals surface area (Å²) in [4.78, 5) is 4.79. The molecule has 0 unspecified atom stereocenters. The van der Waals surface area contributed by atoms with Crippen LogP contribution in [0.15, 0.2) is 297 Å². The first-order valence-corrected chi connectivity index (χ1v) is 25.6. The summed E-state index contributed by atoms with van der Waals surface area (Å²) in [5.74, 6) is 0. The highest BCUT2D eigenvalue weighted by Crippen LogP contribution is 2.58. The standard InChI is InChI=1S/C72H52N2/c1-51-21-19-36-67-70(51)66-47-46-64(50-68(66)72(67,58-27-9-3-10-28-58)59-29-11-4-12-30-59)74(69-48-41-54-22-17-18-35-65(54)71(69)55-23-7-2-8-24-55)63-44-39-53(40-45-63)57-26-20-25-56(49-57)52-37-42-62(43-38-52)73(60-31-13-5-14-32-60)61-33-15-6-16-34-61/h2-50H,1H3. The minimum atomic E-state index is -0.551. The molecule has 0 aliphatic heterocycles. The Morgan fingerprint density at radius 1 is 0.284 bits per heavy atom. The van der Waals surface area contributed by atoms with E-state index in [1.807, 2.05) is 0 Å². The van der Waals surface area contributed by atoms with Gasteiger partial charge in [0.25, 0.3) is 0 Å². The van der Waals surface area contributed by atoms with Crippen LogP contribution in [0, 0.1) is 6.92 Å². The molecule has 0 bridgehead atoms. The highest BCUT2D eigenvalue weighted by molar-refractivity contribution is 6.06. The van der Waals surface area contributed by atoms with Crippen LogP contribution < -0.4 is 9.80 Å². The predicted molar refractivity (Wildman–Crippen MR) is 312 cm³/mol. The van der Waals surface area contributed by atoms with Crippen LogP contribution >= 0.6 is 0 Å². The summed E-state index contributed by atoms with van der Waals surface area (Å²) in [6, 6.07) is 109. The van der Waals surface area contributed by atoms with Gasteiger partial charge < -0.3 is 9.80 Å². The van der Waals surface area contributed by atoms with Gasteiger partial charge in [-0.2, -0.15) is 0 Å². The molecule has 0 radical (unpaired) electrons. The lowest BCUT2D eigenvalue weighted by Gasteiger charge is -2.35. The van der Waals surface area contributed by atoms with E-state index in [0.717, 1.165) is 45.3 Å². The molecule has 1 aliphatic rings. The van der Waals surface area contributed by atoms with Gasteiger partial charge in [0.1, 0.15) is 0 Å². The lowest BCUT2D eigenvalue weighted by atomic mass is 9.67. The first-order valence-electron chi connectivity index (χ1n) is 25.6. The van der Waals surface area contributed by atoms with Gasteiger partial charge >= 0.3 is 0 Å². The largest absolute Gasteiger partial charge is 0.311 e. The van der Waals surface area contributed by atoms with Crippen LogP contribution in [0.4, 0.5) is 34.1 Å². The molecule has 12 aromatic rings. The van der Waals surface area contributed by atoms with Gasteiger partial charge in [-0.25, -0.2) is 0 Å². The van der Waals surface area contributed by atoms with Gasteiger partial charge in [-0.05, 0) is 157 Å². The first kappa shape index (κ1) is 44.4. The molecule has 74 heavy (non-hydrogen) atoms. The number of anilines is 6. The van der Waals surface area contributed by atoms with Gasteiger partial charge in [0.05, 0.1) is 11.1 Å². The van der Waals surface area contributed by atoms with Gasteiger partial charge in [-0.15, -0.1) is 0 Å². The molecule has 0 heterocycles. The maximum atomic E-state index is 2.49. The third-order valence-electron chi connectivity index (χ3n) is 15.0. The van der Waals surface area contributed by atoms with Crippen LogP contribution in [-0.2, 0) is 5.41 Å². The van der Waals surface area contributed by atoms with E-state index in [1.54, 1.807) is 0 Å². The third-order valence-corrected chi connectivity index (χ3v) is 15.0. The van der Waals surface area contributed by atoms with Gasteiger partial charge in [0.2, 0.25) is 0 Å². The van der Waals surface area contributed by atoms with Crippen LogP contribution in [0.3, 0.4) is 0 Å². The molecule has 0 aromatic heterocycles. The number of para-hydroxylation sites is 2. The van der Waals surface area contributed by atoms with Crippen molar-refractivity contribution in [3.63, 3.8) is 0 Å². The maximum Gasteiger partial charge on any atom is 0.0714 e. The summed E-state index contributed by atoms with van der Waals surface area (Å²) in [6.07, 6.45) is 0. The topological polar surface area (TPSA) is 6.48 Å². The van der Waals surface area contributed by atoms with Crippen molar-refractivity contribution in [2.45, 2.75) is 12.3 Å². The average molecular weight is 945 g/mol. The fourth-order valence-electron chi connectivity index (χ4n) is 11.7. The first-order chi connectivity index (χ1) is 36.6. The van der Waals surface area contributed by atoms with Crippen LogP contribution in [0.5, 0.6) is 0 Å². The number of rotatable bonds is 11. The van der Waals surface area contributed by atoms with Crippen molar-refractivity contribution in [3.8, 4) is 44.5 Å². The highest BCUT2D eigenvalue weighted by atomic mass is 15.1. The minimum Gasteiger partial charge on any atom is -0.311 e. The zero-order valence-electron chi connectivity index (χ0n) is 41.2. The number of hydrogen-bond donors (Lipinski definition) is 0. The van der Waals surface area contributed by atoms with Crippen LogP contribution in [-0.4, -0.2) is 0 Å². The molecule has 1 aliphatic carbocycles. The Morgan fingerprint density at radius 2 is 0.757 bits per heavy atom. The van der Waals surface area contributed by atoms with Crippen LogP contribution in [0.2, 0.25) is 0 Å². The SMILES string of the molecule is Cc1cccc2c1-c1ccc(N(c3ccc(-c4cccc(-c5ccc(N(c6ccccc6)c6ccccc6)cc5)c4)cc3)c3ccc4ccccc4c3-c3ccccc3)cc1C2(c1ccccc1)c1ccccc1. The van der Waals surface area contributed by atoms with Crippen molar-refractivity contribution in [3.05, 3.63) is 325 Å². The lowest BCUT2D eigenvalue weighted by molar-refractivity contribution is 0.768. The lowest BCUT2D eigenvalue weighted by Crippen LogP contribution is -2.28. The molecule has 0 saturated carbocycles. The van der Waals surface area contributed by atoms with E-state index < -0.39 is 5.41 Å². The summed E-state index contributed by atoms with van der Waals surface area (Å²) in [6.45, 7) is 2.26. The highest BCUT2D eigenvalue weighted by Gasteiger charge is 2.47. The predicted octanol–water partition coefficient (Wildman–Crippen LogP) is 19.5. The van der Waals surface area contributed by atoms with Crippen molar-refractivity contribution in [2.75, 3.05) is 9.80 Å². The molecule has 350 valence electrons. The molecule has 2 heteroatoms. The van der Waals surface area contributed by atoms with E-state index >= 15 is 0 Å². The molecule has 13 rings (SSSR count). The van der Waals surface area contributed by atoms with Crippen molar-refractivity contribution < 1.29 is 0 Å². The van der Waals surface area contributed by atoms with E-state index in [2.05, 4.69) is 314 Å². The monoisotopic (exact) mass is 944 g/mol. The van der Waals surface area contributed by atoms with Gasteiger partial charge in [-0.1, -0.05) is 224 Å². The molecule has 0 fully saturated rings. The second kappa shape index (κ2) is 18.9. The summed E-state index contributed by atoms with van der Waals surface area (Å²) < 4.78 is 0. The van der Waals surface area contributed by atoms with Crippen molar-refractivity contribution in [1.29, 1.82) is 0 Å². The van der Waals surface area contributed by atoms with Crippen molar-refractivity contribution in [2.24, 2.45) is 0 Å². The Balaban J connectivity index is 0.948. The zero-order valence-corrected chi connectivity index (χ0v) is 41.2. The normalized spacial score (nSPS) is 12.2. The zero-order chi connectivity index (χ0) is 49.4. The number of benzene rings is 12. The van der Waals surface area contributed by atoms with E-state index in [9.17, 15) is 0 Å². The minimum absolute atomic E-state index is 0.551. The molecular weight excluding hydrogens is 893 g/mol. The molecule has 0 N–H and O–H groups in total. The Kier molecular flexibility index (Phi) is 11.4. The van der Waals surface area contributed by atoms with Crippen molar-refractivity contribution >= 4 is 44.9 Å². The molecule has 0 spiro atoms. The number of aryl methyl sites for hydroxylation is 1. The fraction of sp³-hybridized carbons (Fsp3) is 0.0278. The average Bonchev–Trinajstić information content (AvgIpc) is 3.90. The molecule has 0 saturated heterocycles. The Labute approximate surface area is 434 Å². The van der Waals surface area contributed by atoms with Gasteiger partial charge in [0.15, 0.2) is 0 Å². The van der Waals surface area contributed by atoms with Crippen molar-refractivity contribution in [1.82, 2.24) is 0 Å². The molecule has 0 amide bonds. The fourth-order valence-corrected chi connectivity index (χ4v) is 11.7. The molecule has 0 atom stereocenters. The second-order valence-corrected chi connectivity index (χ2v) is 19.3. The molecule has 2 nitrogen and oxygen atoms in total. The summed E-state index contributed by atoms with van der Waals surface area (Å²) in [5.41, 5.74) is 22.0. The van der Waals surface area contributed by atoms with E-state index in [1.165, 1.54) is 72.0 Å². The van der Waals surface area contributed by atoms with E-state index in [0.29, 0.717) is 0 Å². The number of nitrogens with zero attached hydrogens (tertiary/aromatic N) is 2. The smallest absolute Gasteiger partial charge is 0.0714 e. The van der Waals surface area contributed by atoms with Gasteiger partial charge in [-0.3, -0.25) is 0 Å². The quantitative estimate of drug-likeness (QED) is 0.127. The summed E-state index contributed by atoms with van der Waals surface area (Å²) in [7, 11) is 0. The van der Waals surface area contributed by atoms with Crippen LogP contribution in [0.25, 0.3) is 55.3 Å². The Hall–Kier alpha value is -9.50. The Bertz CT molecular complexity index is 3850.